The van der Waals surface area contributed by atoms with Gasteiger partial charge in [-0.15, -0.1) is 0 Å². The highest BCUT2D eigenvalue weighted by Gasteiger charge is 2.22. The van der Waals surface area contributed by atoms with Crippen molar-refractivity contribution < 1.29 is 18.7 Å². The normalized spacial score (nSPS) is 16.6. The van der Waals surface area contributed by atoms with Crippen LogP contribution < -0.4 is 0 Å². The molecule has 0 aliphatic carbocycles. The lowest BCUT2D eigenvalue weighted by atomic mass is 10.1. The van der Waals surface area contributed by atoms with E-state index in [1.165, 1.54) is 12.1 Å². The Kier molecular flexibility index (Phi) is 3.68. The van der Waals surface area contributed by atoms with Crippen LogP contribution in [0.1, 0.15) is 16.8 Å². The van der Waals surface area contributed by atoms with Crippen LogP contribution in [-0.2, 0) is 9.47 Å². The van der Waals surface area contributed by atoms with Crippen LogP contribution in [0.25, 0.3) is 0 Å². The van der Waals surface area contributed by atoms with Gasteiger partial charge in [-0.05, 0) is 18.2 Å². The second-order valence-corrected chi connectivity index (χ2v) is 4.34. The number of carbonyl (C=O) groups excluding carboxylic acids is 1. The molecule has 0 atom stereocenters. The van der Waals surface area contributed by atoms with Crippen molar-refractivity contribution in [2.75, 3.05) is 13.2 Å². The molecule has 0 bridgehead atoms. The second kappa shape index (κ2) is 5.03. The van der Waals surface area contributed by atoms with E-state index >= 15 is 0 Å². The van der Waals surface area contributed by atoms with Crippen molar-refractivity contribution in [3.63, 3.8) is 0 Å². The molecule has 16 heavy (non-hydrogen) atoms. The molecule has 2 rings (SSSR count). The minimum atomic E-state index is -0.536. The zero-order valence-corrected chi connectivity index (χ0v) is 10.00. The monoisotopic (exact) mass is 288 g/mol. The highest BCUT2D eigenvalue weighted by atomic mass is 79.9. The Labute approximate surface area is 101 Å². The van der Waals surface area contributed by atoms with Crippen molar-refractivity contribution >= 4 is 21.7 Å². The van der Waals surface area contributed by atoms with Crippen LogP contribution in [0, 0.1) is 5.82 Å². The molecule has 0 spiro atoms. The van der Waals surface area contributed by atoms with Gasteiger partial charge < -0.3 is 9.47 Å². The first kappa shape index (κ1) is 11.7. The Balaban J connectivity index is 2.10. The Morgan fingerprint density at radius 3 is 2.81 bits per heavy atom. The molecule has 1 aliphatic rings. The SMILES string of the molecule is O=C(CC1OCCO1)c1cc(Br)ccc1F. The highest BCUT2D eigenvalue weighted by Crippen LogP contribution is 2.19. The number of carbonyl (C=O) groups is 1. The third kappa shape index (κ3) is 2.66. The van der Waals surface area contributed by atoms with Crippen molar-refractivity contribution in [1.29, 1.82) is 0 Å². The predicted molar refractivity (Wildman–Crippen MR) is 58.7 cm³/mol. The van der Waals surface area contributed by atoms with Crippen molar-refractivity contribution in [3.05, 3.63) is 34.1 Å². The number of hydrogen-bond acceptors (Lipinski definition) is 3. The molecule has 1 aromatic carbocycles. The number of benzene rings is 1. The first-order valence-corrected chi connectivity index (χ1v) is 5.67. The Hall–Kier alpha value is -0.780. The average molecular weight is 289 g/mol. The van der Waals surface area contributed by atoms with Crippen LogP contribution in [-0.4, -0.2) is 25.3 Å². The van der Waals surface area contributed by atoms with E-state index in [1.807, 2.05) is 0 Å². The van der Waals surface area contributed by atoms with Crippen LogP contribution in [0.2, 0.25) is 0 Å². The van der Waals surface area contributed by atoms with Crippen LogP contribution in [0.4, 0.5) is 4.39 Å². The summed E-state index contributed by atoms with van der Waals surface area (Å²) in [6.07, 6.45) is -0.487. The molecule has 0 amide bonds. The van der Waals surface area contributed by atoms with E-state index < -0.39 is 12.1 Å². The molecule has 0 aromatic heterocycles. The summed E-state index contributed by atoms with van der Waals surface area (Å²) in [5.74, 6) is -0.836. The molecule has 0 N–H and O–H groups in total. The number of ketones is 1. The molecule has 86 valence electrons. The molecular formula is C11H10BrFO3. The van der Waals surface area contributed by atoms with Crippen molar-refractivity contribution in [2.45, 2.75) is 12.7 Å². The van der Waals surface area contributed by atoms with E-state index in [1.54, 1.807) is 6.07 Å². The molecule has 0 radical (unpaired) electrons. The topological polar surface area (TPSA) is 35.5 Å². The van der Waals surface area contributed by atoms with Gasteiger partial charge in [-0.2, -0.15) is 0 Å². The summed E-state index contributed by atoms with van der Waals surface area (Å²) in [6, 6.07) is 4.27. The molecule has 0 saturated carbocycles. The van der Waals surface area contributed by atoms with Gasteiger partial charge in [0.25, 0.3) is 0 Å². The van der Waals surface area contributed by atoms with Gasteiger partial charge in [0.1, 0.15) is 5.82 Å². The third-order valence-corrected chi connectivity index (χ3v) is 2.76. The highest BCUT2D eigenvalue weighted by molar-refractivity contribution is 9.10. The maximum atomic E-state index is 13.4. The van der Waals surface area contributed by atoms with Crippen molar-refractivity contribution in [1.82, 2.24) is 0 Å². The molecule has 3 nitrogen and oxygen atoms in total. The first-order chi connectivity index (χ1) is 7.66. The summed E-state index contributed by atoms with van der Waals surface area (Å²) in [5.41, 5.74) is 0.0634. The van der Waals surface area contributed by atoms with Gasteiger partial charge >= 0.3 is 0 Å². The minimum Gasteiger partial charge on any atom is -0.350 e. The van der Waals surface area contributed by atoms with Gasteiger partial charge in [0.05, 0.1) is 25.2 Å². The third-order valence-electron chi connectivity index (χ3n) is 2.27. The standard InChI is InChI=1S/C11H10BrFO3/c12-7-1-2-9(13)8(5-7)10(14)6-11-15-3-4-16-11/h1-2,5,11H,3-4,6H2. The number of hydrogen-bond donors (Lipinski definition) is 0. The summed E-state index contributed by atoms with van der Waals surface area (Å²) < 4.78 is 24.3. The van der Waals surface area contributed by atoms with Gasteiger partial charge in [-0.25, -0.2) is 4.39 Å². The lowest BCUT2D eigenvalue weighted by Crippen LogP contribution is -2.15. The van der Waals surface area contributed by atoms with E-state index in [4.69, 9.17) is 9.47 Å². The lowest BCUT2D eigenvalue weighted by molar-refractivity contribution is -0.0408. The van der Waals surface area contributed by atoms with Gasteiger partial charge in [-0.1, -0.05) is 15.9 Å². The summed E-state index contributed by atoms with van der Waals surface area (Å²) >= 11 is 3.20. The Morgan fingerprint density at radius 1 is 1.44 bits per heavy atom. The lowest BCUT2D eigenvalue weighted by Gasteiger charge is -2.08. The molecule has 1 aromatic rings. The molecule has 5 heteroatoms. The molecule has 0 unspecified atom stereocenters. The van der Waals surface area contributed by atoms with Crippen LogP contribution in [0.3, 0.4) is 0 Å². The minimum absolute atomic E-state index is 0.0490. The second-order valence-electron chi connectivity index (χ2n) is 3.42. The fourth-order valence-corrected chi connectivity index (χ4v) is 1.86. The van der Waals surface area contributed by atoms with Crippen LogP contribution in [0.5, 0.6) is 0 Å². The summed E-state index contributed by atoms with van der Waals surface area (Å²) in [4.78, 5) is 11.8. The number of Topliss-reactive ketones (excluding diaryl/α,β-unsaturated/α-hetero) is 1. The number of halogens is 2. The smallest absolute Gasteiger partial charge is 0.170 e. The van der Waals surface area contributed by atoms with E-state index in [9.17, 15) is 9.18 Å². The summed E-state index contributed by atoms with van der Waals surface area (Å²) in [6.45, 7) is 0.970. The van der Waals surface area contributed by atoms with Crippen LogP contribution >= 0.6 is 15.9 Å². The van der Waals surface area contributed by atoms with Crippen molar-refractivity contribution in [3.8, 4) is 0 Å². The Morgan fingerprint density at radius 2 is 2.12 bits per heavy atom. The predicted octanol–water partition coefficient (Wildman–Crippen LogP) is 2.53. The Bertz CT molecular complexity index is 402. The van der Waals surface area contributed by atoms with E-state index in [-0.39, 0.29) is 17.8 Å². The van der Waals surface area contributed by atoms with Gasteiger partial charge in [0, 0.05) is 4.47 Å². The maximum Gasteiger partial charge on any atom is 0.170 e. The zero-order valence-electron chi connectivity index (χ0n) is 8.41. The molecule has 1 saturated heterocycles. The van der Waals surface area contributed by atoms with E-state index in [0.717, 1.165) is 0 Å². The van der Waals surface area contributed by atoms with E-state index in [0.29, 0.717) is 17.7 Å². The maximum absolute atomic E-state index is 13.4. The van der Waals surface area contributed by atoms with Gasteiger partial charge in [-0.3, -0.25) is 4.79 Å². The van der Waals surface area contributed by atoms with Crippen molar-refractivity contribution in [2.24, 2.45) is 0 Å². The summed E-state index contributed by atoms with van der Waals surface area (Å²) in [7, 11) is 0. The molecular weight excluding hydrogens is 279 g/mol. The van der Waals surface area contributed by atoms with E-state index in [2.05, 4.69) is 15.9 Å². The zero-order chi connectivity index (χ0) is 11.5. The largest absolute Gasteiger partial charge is 0.350 e. The molecule has 1 fully saturated rings. The quantitative estimate of drug-likeness (QED) is 0.802. The molecule has 1 aliphatic heterocycles. The first-order valence-electron chi connectivity index (χ1n) is 4.88. The average Bonchev–Trinajstić information content (AvgIpc) is 2.74. The molecule has 1 heterocycles. The van der Waals surface area contributed by atoms with Gasteiger partial charge in [0.2, 0.25) is 0 Å². The fraction of sp³-hybridized carbons (Fsp3) is 0.364. The number of rotatable bonds is 3. The van der Waals surface area contributed by atoms with Gasteiger partial charge in [0.15, 0.2) is 12.1 Å². The fourth-order valence-electron chi connectivity index (χ4n) is 1.50. The number of ether oxygens (including phenoxy) is 2. The summed E-state index contributed by atoms with van der Waals surface area (Å²) in [5, 5.41) is 0. The van der Waals surface area contributed by atoms with Crippen LogP contribution in [0.15, 0.2) is 22.7 Å².